The van der Waals surface area contributed by atoms with Crippen molar-refractivity contribution < 1.29 is 14.6 Å². The van der Waals surface area contributed by atoms with Crippen LogP contribution in [0.15, 0.2) is 29.2 Å². The Balaban J connectivity index is 0.00000245. The molecule has 2 aliphatic carbocycles. The Bertz CT molecular complexity index is 1250. The Kier molecular flexibility index (Phi) is 6.34. The second-order valence-electron chi connectivity index (χ2n) is 8.60. The van der Waals surface area contributed by atoms with E-state index in [1.807, 2.05) is 10.6 Å². The molecule has 1 saturated carbocycles. The minimum absolute atomic E-state index is 0. The zero-order valence-corrected chi connectivity index (χ0v) is 19.6. The predicted octanol–water partition coefficient (Wildman–Crippen LogP) is 4.65. The topological polar surface area (TPSA) is 94.6 Å². The molecule has 3 N–H and O–H groups in total. The summed E-state index contributed by atoms with van der Waals surface area (Å²) in [5.41, 5.74) is 8.18. The summed E-state index contributed by atoms with van der Waals surface area (Å²) in [5, 5.41) is 9.91. The van der Waals surface area contributed by atoms with Gasteiger partial charge in [-0.15, -0.1) is 23.7 Å². The zero-order chi connectivity index (χ0) is 21.7. The molecule has 0 aliphatic heterocycles. The molecule has 6 nitrogen and oxygen atoms in total. The minimum Gasteiger partial charge on any atom is -0.494 e. The second kappa shape index (κ2) is 8.89. The van der Waals surface area contributed by atoms with Crippen molar-refractivity contribution in [2.45, 2.75) is 44.6 Å². The molecule has 0 radical (unpaired) electrons. The number of benzene rings is 1. The van der Waals surface area contributed by atoms with Crippen LogP contribution in [0.25, 0.3) is 21.3 Å². The van der Waals surface area contributed by atoms with Crippen LogP contribution in [0.5, 0.6) is 5.75 Å². The molecular formula is C24H27ClN2O4S. The summed E-state index contributed by atoms with van der Waals surface area (Å²) >= 11 is 1.80. The van der Waals surface area contributed by atoms with Crippen LogP contribution in [0.3, 0.4) is 0 Å². The van der Waals surface area contributed by atoms with Gasteiger partial charge in [-0.1, -0.05) is 0 Å². The fourth-order valence-corrected chi connectivity index (χ4v) is 6.15. The maximum Gasteiger partial charge on any atom is 0.341 e. The largest absolute Gasteiger partial charge is 0.494 e. The molecule has 32 heavy (non-hydrogen) atoms. The fourth-order valence-electron chi connectivity index (χ4n) is 4.80. The Morgan fingerprint density at radius 3 is 2.75 bits per heavy atom. The van der Waals surface area contributed by atoms with Gasteiger partial charge in [0.15, 0.2) is 5.75 Å². The smallest absolute Gasteiger partial charge is 0.341 e. The van der Waals surface area contributed by atoms with Crippen molar-refractivity contribution in [3.8, 4) is 16.2 Å². The number of hydrogen-bond donors (Lipinski definition) is 2. The van der Waals surface area contributed by atoms with Gasteiger partial charge in [0.2, 0.25) is 5.43 Å². The summed E-state index contributed by atoms with van der Waals surface area (Å²) in [4.78, 5) is 27.1. The van der Waals surface area contributed by atoms with E-state index in [0.717, 1.165) is 49.1 Å². The van der Waals surface area contributed by atoms with Crippen LogP contribution < -0.4 is 15.9 Å². The average Bonchev–Trinajstić information content (AvgIpc) is 3.51. The van der Waals surface area contributed by atoms with E-state index in [1.54, 1.807) is 24.5 Å². The van der Waals surface area contributed by atoms with Crippen molar-refractivity contribution in [3.63, 3.8) is 0 Å². The van der Waals surface area contributed by atoms with Gasteiger partial charge in [0.1, 0.15) is 5.56 Å². The first-order valence-electron chi connectivity index (χ1n) is 10.8. The number of carbonyl (C=O) groups is 1. The highest BCUT2D eigenvalue weighted by Crippen LogP contribution is 2.45. The van der Waals surface area contributed by atoms with Crippen molar-refractivity contribution in [1.29, 1.82) is 0 Å². The van der Waals surface area contributed by atoms with Crippen LogP contribution in [-0.2, 0) is 12.8 Å². The van der Waals surface area contributed by atoms with Crippen molar-refractivity contribution in [2.24, 2.45) is 11.7 Å². The lowest BCUT2D eigenvalue weighted by atomic mass is 9.87. The summed E-state index contributed by atoms with van der Waals surface area (Å²) in [7, 11) is 1.62. The first kappa shape index (κ1) is 22.8. The summed E-state index contributed by atoms with van der Waals surface area (Å²) in [6.45, 7) is 0.730. The van der Waals surface area contributed by atoms with Gasteiger partial charge in [0.25, 0.3) is 0 Å². The number of aromatic nitrogens is 1. The van der Waals surface area contributed by atoms with Gasteiger partial charge in [-0.25, -0.2) is 4.79 Å². The van der Waals surface area contributed by atoms with E-state index in [0.29, 0.717) is 22.6 Å². The Morgan fingerprint density at radius 1 is 1.31 bits per heavy atom. The summed E-state index contributed by atoms with van der Waals surface area (Å²) in [5.74, 6) is 0.106. The normalized spacial score (nSPS) is 17.6. The fraction of sp³-hybridized carbons (Fsp3) is 0.417. The van der Waals surface area contributed by atoms with Crippen molar-refractivity contribution in [2.75, 3.05) is 13.7 Å². The number of methoxy groups -OCH3 is 1. The van der Waals surface area contributed by atoms with E-state index >= 15 is 0 Å². The van der Waals surface area contributed by atoms with Crippen molar-refractivity contribution in [3.05, 3.63) is 50.6 Å². The van der Waals surface area contributed by atoms with E-state index in [2.05, 4.69) is 6.07 Å². The van der Waals surface area contributed by atoms with Crippen molar-refractivity contribution >= 4 is 40.6 Å². The standard InChI is InChI=1S/C24H26N2O4S.ClH/c1-30-23-16(20-11-14-3-2-13(8-9-25)10-19(14)31-20)6-7-17-21(23)26(15-4-5-15)12-18(22(17)27)24(28)29;/h6-7,11-13,15H,2-5,8-10,25H2,1H3,(H,28,29);1H. The molecule has 2 aliphatic rings. The molecular weight excluding hydrogens is 448 g/mol. The van der Waals surface area contributed by atoms with Crippen LogP contribution in [0.1, 0.15) is 52.5 Å². The van der Waals surface area contributed by atoms with Crippen LogP contribution in [0.4, 0.5) is 0 Å². The summed E-state index contributed by atoms with van der Waals surface area (Å²) < 4.78 is 7.80. The Morgan fingerprint density at radius 2 is 2.09 bits per heavy atom. The number of ether oxygens (including phenoxy) is 1. The Hall–Kier alpha value is -2.35. The third-order valence-electron chi connectivity index (χ3n) is 6.55. The third-order valence-corrected chi connectivity index (χ3v) is 7.79. The van der Waals surface area contributed by atoms with Gasteiger partial charge in [0, 0.05) is 27.6 Å². The second-order valence-corrected chi connectivity index (χ2v) is 9.74. The maximum atomic E-state index is 12.9. The number of nitrogens with two attached hydrogens (primary N) is 1. The van der Waals surface area contributed by atoms with E-state index in [-0.39, 0.29) is 24.0 Å². The van der Waals surface area contributed by atoms with Gasteiger partial charge < -0.3 is 20.1 Å². The first-order chi connectivity index (χ1) is 15.0. The highest BCUT2D eigenvalue weighted by molar-refractivity contribution is 7.15. The van der Waals surface area contributed by atoms with Gasteiger partial charge in [0.05, 0.1) is 18.0 Å². The lowest BCUT2D eigenvalue weighted by molar-refractivity contribution is 0.0695. The molecule has 8 heteroatoms. The van der Waals surface area contributed by atoms with E-state index in [4.69, 9.17) is 10.5 Å². The number of pyridine rings is 1. The summed E-state index contributed by atoms with van der Waals surface area (Å²) in [6.07, 6.45) is 7.82. The van der Waals surface area contributed by atoms with Gasteiger partial charge in [-0.05, 0) is 74.8 Å². The van der Waals surface area contributed by atoms with Gasteiger partial charge in [-0.2, -0.15) is 0 Å². The van der Waals surface area contributed by atoms with Crippen LogP contribution in [-0.4, -0.2) is 29.3 Å². The predicted molar refractivity (Wildman–Crippen MR) is 130 cm³/mol. The molecule has 170 valence electrons. The quantitative estimate of drug-likeness (QED) is 0.542. The van der Waals surface area contributed by atoms with E-state index in [1.165, 1.54) is 23.1 Å². The molecule has 0 bridgehead atoms. The molecule has 1 atom stereocenters. The summed E-state index contributed by atoms with van der Waals surface area (Å²) in [6, 6.07) is 6.13. The molecule has 1 unspecified atom stereocenters. The number of carboxylic acids is 1. The molecule has 5 rings (SSSR count). The number of halogens is 1. The highest BCUT2D eigenvalue weighted by Gasteiger charge is 2.30. The molecule has 0 saturated heterocycles. The average molecular weight is 475 g/mol. The maximum absolute atomic E-state index is 12.9. The van der Waals surface area contributed by atoms with Crippen molar-refractivity contribution in [1.82, 2.24) is 4.57 Å². The minimum atomic E-state index is -1.19. The number of carboxylic acid groups (broad SMARTS) is 1. The lowest BCUT2D eigenvalue weighted by Crippen LogP contribution is -2.19. The number of aromatic carboxylic acids is 1. The lowest BCUT2D eigenvalue weighted by Gasteiger charge is -2.20. The van der Waals surface area contributed by atoms with Crippen LogP contribution in [0.2, 0.25) is 0 Å². The number of hydrogen-bond acceptors (Lipinski definition) is 5. The number of rotatable bonds is 6. The third kappa shape index (κ3) is 3.83. The number of aryl methyl sites for hydroxylation is 1. The van der Waals surface area contributed by atoms with Crippen LogP contribution >= 0.6 is 23.7 Å². The molecule has 2 heterocycles. The first-order valence-corrected chi connectivity index (χ1v) is 11.6. The Labute approximate surface area is 196 Å². The molecule has 0 amide bonds. The number of nitrogens with zero attached hydrogens (tertiary/aromatic N) is 1. The number of fused-ring (bicyclic) bond motifs is 2. The molecule has 1 aromatic carbocycles. The molecule has 0 spiro atoms. The molecule has 3 aromatic rings. The SMILES string of the molecule is COc1c(-c2cc3c(s2)CC(CCN)CC3)ccc2c(=O)c(C(=O)O)cn(C3CC3)c12.Cl. The molecule has 1 fully saturated rings. The highest BCUT2D eigenvalue weighted by atomic mass is 35.5. The molecule has 2 aromatic heterocycles. The van der Waals surface area contributed by atoms with Gasteiger partial charge in [-0.3, -0.25) is 4.79 Å². The zero-order valence-electron chi connectivity index (χ0n) is 17.9. The number of thiophene rings is 1. The monoisotopic (exact) mass is 474 g/mol. The van der Waals surface area contributed by atoms with Gasteiger partial charge >= 0.3 is 5.97 Å². The van der Waals surface area contributed by atoms with E-state index in [9.17, 15) is 14.7 Å². The van der Waals surface area contributed by atoms with E-state index < -0.39 is 11.4 Å². The van der Waals surface area contributed by atoms with Crippen LogP contribution in [0, 0.1) is 5.92 Å².